The van der Waals surface area contributed by atoms with Gasteiger partial charge in [-0.25, -0.2) is 0 Å². The van der Waals surface area contributed by atoms with Crippen molar-refractivity contribution in [1.29, 1.82) is 0 Å². The van der Waals surface area contributed by atoms with E-state index in [0.717, 1.165) is 22.6 Å². The summed E-state index contributed by atoms with van der Waals surface area (Å²) < 4.78 is 0. The van der Waals surface area contributed by atoms with Crippen LogP contribution in [0.5, 0.6) is 0 Å². The molecule has 2 heterocycles. The first-order valence-electron chi connectivity index (χ1n) is 10.4. The molecule has 0 saturated carbocycles. The third-order valence-corrected chi connectivity index (χ3v) is 14.3. The van der Waals surface area contributed by atoms with Crippen molar-refractivity contribution in [2.24, 2.45) is 0 Å². The maximum atomic E-state index is 2.55. The molecule has 1 aromatic rings. The Bertz CT molecular complexity index is 462. The first-order valence-corrected chi connectivity index (χ1v) is 13.4. The Morgan fingerprint density at radius 1 is 0.640 bits per heavy atom. The molecule has 25 heavy (non-hydrogen) atoms. The molecular formula is C22H36P2Rh+. The van der Waals surface area contributed by atoms with Crippen LogP contribution in [-0.2, 0) is 19.5 Å². The van der Waals surface area contributed by atoms with E-state index < -0.39 is 0 Å². The third-order valence-electron chi connectivity index (χ3n) is 6.56. The van der Waals surface area contributed by atoms with Crippen molar-refractivity contribution in [3.63, 3.8) is 0 Å². The van der Waals surface area contributed by atoms with Crippen LogP contribution in [-0.4, -0.2) is 22.6 Å². The molecule has 0 aliphatic carbocycles. The molecule has 142 valence electrons. The zero-order chi connectivity index (χ0) is 17.1. The van der Waals surface area contributed by atoms with Gasteiger partial charge >= 0.3 is 19.5 Å². The summed E-state index contributed by atoms with van der Waals surface area (Å²) in [5, 5.41) is 3.68. The number of hydrogen-bond donors (Lipinski definition) is 0. The van der Waals surface area contributed by atoms with Gasteiger partial charge in [0.25, 0.3) is 0 Å². The van der Waals surface area contributed by atoms with Crippen LogP contribution in [0, 0.1) is 0 Å². The molecule has 1 aromatic carbocycles. The van der Waals surface area contributed by atoms with Gasteiger partial charge < -0.3 is 0 Å². The molecule has 0 amide bonds. The van der Waals surface area contributed by atoms with E-state index in [4.69, 9.17) is 0 Å². The van der Waals surface area contributed by atoms with Crippen molar-refractivity contribution >= 4 is 26.5 Å². The van der Waals surface area contributed by atoms with Crippen LogP contribution in [0.15, 0.2) is 24.3 Å². The Balaban J connectivity index is 0.00000225. The molecule has 2 saturated heterocycles. The molecule has 2 aliphatic rings. The summed E-state index contributed by atoms with van der Waals surface area (Å²) in [6, 6.07) is 9.79. The monoisotopic (exact) mass is 465 g/mol. The van der Waals surface area contributed by atoms with Crippen LogP contribution >= 0.6 is 15.8 Å². The van der Waals surface area contributed by atoms with Gasteiger partial charge in [0.05, 0.1) is 0 Å². The quantitative estimate of drug-likeness (QED) is 0.328. The summed E-state index contributed by atoms with van der Waals surface area (Å²) in [6.45, 7) is 9.74. The summed E-state index contributed by atoms with van der Waals surface area (Å²) in [6.07, 6.45) is 11.5. The molecule has 3 heteroatoms. The third kappa shape index (κ3) is 4.42. The Morgan fingerprint density at radius 2 is 0.920 bits per heavy atom. The molecule has 0 unspecified atom stereocenters. The summed E-state index contributed by atoms with van der Waals surface area (Å²) in [4.78, 5) is 0. The fraction of sp³-hybridized carbons (Fsp3) is 0.727. The van der Waals surface area contributed by atoms with Gasteiger partial charge in [0.2, 0.25) is 0 Å². The van der Waals surface area contributed by atoms with Gasteiger partial charge in [0, 0.05) is 0 Å². The van der Waals surface area contributed by atoms with E-state index in [1.54, 1.807) is 0 Å². The van der Waals surface area contributed by atoms with Gasteiger partial charge in [-0.1, -0.05) is 67.8 Å². The Labute approximate surface area is 171 Å². The zero-order valence-electron chi connectivity index (χ0n) is 16.5. The summed E-state index contributed by atoms with van der Waals surface area (Å²) in [5.74, 6) is 0. The van der Waals surface area contributed by atoms with Crippen LogP contribution in [0.2, 0.25) is 0 Å². The van der Waals surface area contributed by atoms with E-state index >= 15 is 0 Å². The Kier molecular flexibility index (Phi) is 9.07. The van der Waals surface area contributed by atoms with Crippen LogP contribution in [0.25, 0.3) is 0 Å². The number of rotatable bonds is 6. The van der Waals surface area contributed by atoms with E-state index in [2.05, 4.69) is 52.0 Å². The van der Waals surface area contributed by atoms with Crippen molar-refractivity contribution in [2.75, 3.05) is 0 Å². The van der Waals surface area contributed by atoms with Crippen LogP contribution < -0.4 is 10.6 Å². The maximum Gasteiger partial charge on any atom is 1.00 e. The number of benzene rings is 1. The molecule has 0 aromatic heterocycles. The van der Waals surface area contributed by atoms with Gasteiger partial charge in [-0.2, -0.15) is 0 Å². The first-order chi connectivity index (χ1) is 11.7. The molecule has 3 rings (SSSR count). The molecule has 2 fully saturated rings. The maximum absolute atomic E-state index is 2.55. The standard InChI is InChI=1S/C22H36P2.Rh/c1-5-17-13-14-18(6-2)23(17)21-11-9-10-12-22(21)24-19(7-3)15-16-20(24)8-4;/h9-12,17-20H,5-8,13-16H2,1-4H3;/q;+1/t17-,18-,19-,20-;/m0./s1. The van der Waals surface area contributed by atoms with Gasteiger partial charge in [0.15, 0.2) is 0 Å². The predicted molar refractivity (Wildman–Crippen MR) is 114 cm³/mol. The Morgan fingerprint density at radius 3 is 1.16 bits per heavy atom. The summed E-state index contributed by atoms with van der Waals surface area (Å²) >= 11 is 0. The van der Waals surface area contributed by atoms with Crippen LogP contribution in [0.4, 0.5) is 0 Å². The molecule has 0 spiro atoms. The molecular weight excluding hydrogens is 429 g/mol. The normalized spacial score (nSPS) is 30.6. The largest absolute Gasteiger partial charge is 1.00 e. The summed E-state index contributed by atoms with van der Waals surface area (Å²) in [5.41, 5.74) is 3.96. The molecule has 0 radical (unpaired) electrons. The fourth-order valence-corrected chi connectivity index (χ4v) is 13.1. The molecule has 2 aliphatic heterocycles. The average molecular weight is 465 g/mol. The van der Waals surface area contributed by atoms with Crippen molar-refractivity contribution < 1.29 is 19.5 Å². The van der Waals surface area contributed by atoms with Crippen molar-refractivity contribution in [3.05, 3.63) is 24.3 Å². The fourth-order valence-electron chi connectivity index (χ4n) is 5.21. The second-order valence-electron chi connectivity index (χ2n) is 7.71. The van der Waals surface area contributed by atoms with E-state index in [1.165, 1.54) is 51.4 Å². The SMILES string of the molecule is CC[C@H]1CC[C@H](CC)P1c1ccccc1P1[C@@H](CC)CC[C@@H]1CC.[Rh+]. The van der Waals surface area contributed by atoms with Gasteiger partial charge in [0.1, 0.15) is 0 Å². The van der Waals surface area contributed by atoms with Crippen molar-refractivity contribution in [3.8, 4) is 0 Å². The minimum absolute atomic E-state index is 0. The van der Waals surface area contributed by atoms with E-state index in [0.29, 0.717) is 0 Å². The second kappa shape index (κ2) is 10.3. The van der Waals surface area contributed by atoms with Gasteiger partial charge in [-0.15, -0.1) is 0 Å². The van der Waals surface area contributed by atoms with Gasteiger partial charge in [-0.05, 0) is 84.6 Å². The van der Waals surface area contributed by atoms with E-state index in [9.17, 15) is 0 Å². The van der Waals surface area contributed by atoms with Crippen molar-refractivity contribution in [2.45, 2.75) is 102 Å². The first kappa shape index (κ1) is 22.0. The smallest absolute Gasteiger partial charge is 0.0683 e. The topological polar surface area (TPSA) is 0 Å². The van der Waals surface area contributed by atoms with E-state index in [1.807, 2.05) is 10.6 Å². The average Bonchev–Trinajstić information content (AvgIpc) is 3.24. The predicted octanol–water partition coefficient (Wildman–Crippen LogP) is 6.60. The minimum atomic E-state index is 0. The number of hydrogen-bond acceptors (Lipinski definition) is 0. The molecule has 0 nitrogen and oxygen atoms in total. The molecule has 0 N–H and O–H groups in total. The zero-order valence-corrected chi connectivity index (χ0v) is 19.9. The molecule has 0 bridgehead atoms. The minimum Gasteiger partial charge on any atom is -0.0683 e. The van der Waals surface area contributed by atoms with Crippen LogP contribution in [0.3, 0.4) is 0 Å². The summed E-state index contributed by atoms with van der Waals surface area (Å²) in [7, 11) is 0.128. The Hall–Kier alpha value is 0.703. The van der Waals surface area contributed by atoms with E-state index in [-0.39, 0.29) is 35.3 Å². The molecule has 4 atom stereocenters. The second-order valence-corrected chi connectivity index (χ2v) is 13.2. The van der Waals surface area contributed by atoms with Gasteiger partial charge in [-0.3, -0.25) is 0 Å². The van der Waals surface area contributed by atoms with Crippen molar-refractivity contribution in [1.82, 2.24) is 0 Å². The van der Waals surface area contributed by atoms with Crippen LogP contribution in [0.1, 0.15) is 79.1 Å².